The Bertz CT molecular complexity index is 1040. The van der Waals surface area contributed by atoms with Crippen LogP contribution in [-0.4, -0.2) is 75.7 Å². The molecule has 10 heteroatoms. The number of carbonyl (C=O) groups excluding carboxylic acids is 3. The first-order chi connectivity index (χ1) is 17.2. The van der Waals surface area contributed by atoms with Crippen LogP contribution in [0.25, 0.3) is 11.4 Å². The Kier molecular flexibility index (Phi) is 9.86. The Balaban J connectivity index is 1.81. The van der Waals surface area contributed by atoms with Gasteiger partial charge in [-0.1, -0.05) is 26.0 Å². The van der Waals surface area contributed by atoms with Crippen LogP contribution in [0, 0.1) is 5.92 Å². The predicted molar refractivity (Wildman–Crippen MR) is 135 cm³/mol. The molecule has 0 unspecified atom stereocenters. The molecule has 2 aromatic rings. The normalized spacial score (nSPS) is 19.1. The number of hydrogen-bond acceptors (Lipinski definition) is 6. The van der Waals surface area contributed by atoms with Crippen LogP contribution in [0.2, 0.25) is 0 Å². The number of ether oxygens (including phenoxy) is 1. The highest BCUT2D eigenvalue weighted by atomic mass is 16.5. The maximum absolute atomic E-state index is 12.8. The van der Waals surface area contributed by atoms with Gasteiger partial charge >= 0.3 is 0 Å². The molecule has 3 amide bonds. The fourth-order valence-electron chi connectivity index (χ4n) is 4.06. The SMILES string of the molecule is CC(C)CC(=O)N1CCCOc2cccc(c2)-c2nccn2CCCNC(=O)[C@H]([C@@H](C)O)NC(=O)C1. The van der Waals surface area contributed by atoms with Crippen molar-refractivity contribution in [3.63, 3.8) is 0 Å². The maximum Gasteiger partial charge on any atom is 0.245 e. The molecule has 1 aliphatic rings. The lowest BCUT2D eigenvalue weighted by Gasteiger charge is -2.26. The smallest absolute Gasteiger partial charge is 0.245 e. The zero-order valence-electron chi connectivity index (χ0n) is 21.3. The van der Waals surface area contributed by atoms with Crippen molar-refractivity contribution < 1.29 is 24.2 Å². The maximum atomic E-state index is 12.8. The van der Waals surface area contributed by atoms with Gasteiger partial charge in [0, 0.05) is 44.0 Å². The Morgan fingerprint density at radius 1 is 1.22 bits per heavy atom. The monoisotopic (exact) mass is 499 g/mol. The van der Waals surface area contributed by atoms with E-state index in [1.54, 1.807) is 6.20 Å². The number of nitrogens with zero attached hydrogens (tertiary/aromatic N) is 3. The Labute approximate surface area is 212 Å². The predicted octanol–water partition coefficient (Wildman–Crippen LogP) is 1.58. The van der Waals surface area contributed by atoms with Crippen LogP contribution >= 0.6 is 0 Å². The van der Waals surface area contributed by atoms with Crippen LogP contribution in [0.3, 0.4) is 0 Å². The number of aryl methyl sites for hydroxylation is 1. The Morgan fingerprint density at radius 3 is 2.78 bits per heavy atom. The Hall–Kier alpha value is -3.40. The van der Waals surface area contributed by atoms with E-state index >= 15 is 0 Å². The van der Waals surface area contributed by atoms with Crippen LogP contribution in [0.15, 0.2) is 36.7 Å². The van der Waals surface area contributed by atoms with Gasteiger partial charge in [0.1, 0.15) is 17.6 Å². The van der Waals surface area contributed by atoms with Crippen molar-refractivity contribution in [3.05, 3.63) is 36.7 Å². The molecular weight excluding hydrogens is 462 g/mol. The van der Waals surface area contributed by atoms with E-state index in [2.05, 4.69) is 15.6 Å². The zero-order chi connectivity index (χ0) is 26.1. The summed E-state index contributed by atoms with van der Waals surface area (Å²) >= 11 is 0. The minimum absolute atomic E-state index is 0.139. The van der Waals surface area contributed by atoms with E-state index in [0.717, 1.165) is 11.4 Å². The zero-order valence-corrected chi connectivity index (χ0v) is 21.3. The molecule has 0 saturated heterocycles. The van der Waals surface area contributed by atoms with Crippen molar-refractivity contribution >= 4 is 17.7 Å². The van der Waals surface area contributed by atoms with Gasteiger partial charge in [0.2, 0.25) is 17.7 Å². The minimum atomic E-state index is -1.12. The number of amides is 3. The summed E-state index contributed by atoms with van der Waals surface area (Å²) in [5, 5.41) is 15.5. The summed E-state index contributed by atoms with van der Waals surface area (Å²) in [6, 6.07) is 6.56. The van der Waals surface area contributed by atoms with Gasteiger partial charge in [-0.25, -0.2) is 4.98 Å². The van der Waals surface area contributed by atoms with Crippen molar-refractivity contribution in [2.75, 3.05) is 26.2 Å². The fraction of sp³-hybridized carbons (Fsp3) is 0.538. The number of carbonyl (C=O) groups is 3. The average Bonchev–Trinajstić information content (AvgIpc) is 3.29. The summed E-state index contributed by atoms with van der Waals surface area (Å²) in [5.41, 5.74) is 0.914. The molecule has 2 atom stereocenters. The third-order valence-electron chi connectivity index (χ3n) is 5.88. The van der Waals surface area contributed by atoms with Gasteiger partial charge in [-0.2, -0.15) is 0 Å². The van der Waals surface area contributed by atoms with Gasteiger partial charge in [0.15, 0.2) is 0 Å². The second-order valence-electron chi connectivity index (χ2n) is 9.52. The Morgan fingerprint density at radius 2 is 2.03 bits per heavy atom. The highest BCUT2D eigenvalue weighted by molar-refractivity contribution is 5.90. The standard InChI is InChI=1S/C26H37N5O5/c1-18(2)15-23(34)31-12-6-14-36-21-8-4-7-20(16-21)25-27-10-13-30(25)11-5-9-28-26(35)24(19(3)32)29-22(33)17-31/h4,7-8,10,13,16,18-19,24,32H,5-6,9,11-12,14-15,17H2,1-3H3,(H,28,35)(H,29,33)/t19-,24+/m1/s1. The van der Waals surface area contributed by atoms with Crippen molar-refractivity contribution in [3.8, 4) is 17.1 Å². The summed E-state index contributed by atoms with van der Waals surface area (Å²) in [4.78, 5) is 44.2. The molecule has 0 saturated carbocycles. The quantitative estimate of drug-likeness (QED) is 0.589. The van der Waals surface area contributed by atoms with E-state index in [4.69, 9.17) is 4.74 Å². The first-order valence-electron chi connectivity index (χ1n) is 12.5. The molecule has 36 heavy (non-hydrogen) atoms. The molecule has 0 fully saturated rings. The molecule has 2 heterocycles. The third-order valence-corrected chi connectivity index (χ3v) is 5.88. The third kappa shape index (κ3) is 7.81. The number of aliphatic hydroxyl groups is 1. The molecule has 0 aliphatic carbocycles. The van der Waals surface area contributed by atoms with Gasteiger partial charge in [0.05, 0.1) is 19.3 Å². The van der Waals surface area contributed by atoms with E-state index in [-0.39, 0.29) is 18.4 Å². The molecule has 2 bridgehead atoms. The van der Waals surface area contributed by atoms with Crippen molar-refractivity contribution in [1.82, 2.24) is 25.1 Å². The van der Waals surface area contributed by atoms with Crippen LogP contribution in [0.4, 0.5) is 0 Å². The molecule has 1 aromatic heterocycles. The number of nitrogens with one attached hydrogen (secondary N) is 2. The first kappa shape index (κ1) is 27.2. The van der Waals surface area contributed by atoms with Gasteiger partial charge in [-0.15, -0.1) is 0 Å². The van der Waals surface area contributed by atoms with Crippen LogP contribution in [0.1, 0.15) is 40.0 Å². The van der Waals surface area contributed by atoms with E-state index in [1.807, 2.05) is 48.9 Å². The van der Waals surface area contributed by atoms with Crippen molar-refractivity contribution in [1.29, 1.82) is 0 Å². The lowest BCUT2D eigenvalue weighted by Crippen LogP contribution is -2.55. The molecule has 0 radical (unpaired) electrons. The van der Waals surface area contributed by atoms with E-state index in [0.29, 0.717) is 51.3 Å². The van der Waals surface area contributed by atoms with E-state index < -0.39 is 24.0 Å². The highest BCUT2D eigenvalue weighted by Gasteiger charge is 2.27. The summed E-state index contributed by atoms with van der Waals surface area (Å²) in [6.07, 6.45) is 3.98. The van der Waals surface area contributed by atoms with Crippen LogP contribution in [-0.2, 0) is 20.9 Å². The number of aliphatic hydroxyl groups excluding tert-OH is 1. The first-order valence-corrected chi connectivity index (χ1v) is 12.5. The van der Waals surface area contributed by atoms with Gasteiger partial charge in [-0.3, -0.25) is 14.4 Å². The number of aromatic nitrogens is 2. The molecule has 1 aliphatic heterocycles. The molecule has 0 spiro atoms. The largest absolute Gasteiger partial charge is 0.494 e. The average molecular weight is 500 g/mol. The number of benzene rings is 1. The summed E-state index contributed by atoms with van der Waals surface area (Å²) < 4.78 is 7.94. The lowest BCUT2D eigenvalue weighted by atomic mass is 10.1. The van der Waals surface area contributed by atoms with E-state index in [1.165, 1.54) is 11.8 Å². The number of imidazole rings is 1. The number of rotatable bonds is 3. The van der Waals surface area contributed by atoms with Gasteiger partial charge in [0.25, 0.3) is 0 Å². The van der Waals surface area contributed by atoms with Crippen LogP contribution < -0.4 is 15.4 Å². The van der Waals surface area contributed by atoms with E-state index in [9.17, 15) is 19.5 Å². The molecule has 3 N–H and O–H groups in total. The fourth-order valence-corrected chi connectivity index (χ4v) is 4.06. The van der Waals surface area contributed by atoms with Gasteiger partial charge < -0.3 is 29.9 Å². The second-order valence-corrected chi connectivity index (χ2v) is 9.52. The molecular formula is C26H37N5O5. The van der Waals surface area contributed by atoms with Gasteiger partial charge in [-0.05, 0) is 37.8 Å². The summed E-state index contributed by atoms with van der Waals surface area (Å²) in [7, 11) is 0. The number of fused-ring (bicyclic) bond motifs is 4. The topological polar surface area (TPSA) is 126 Å². The number of hydrogen-bond donors (Lipinski definition) is 3. The second kappa shape index (κ2) is 13.1. The van der Waals surface area contributed by atoms with Crippen molar-refractivity contribution in [2.45, 2.75) is 58.7 Å². The van der Waals surface area contributed by atoms with Crippen molar-refractivity contribution in [2.24, 2.45) is 5.92 Å². The molecule has 10 nitrogen and oxygen atoms in total. The minimum Gasteiger partial charge on any atom is -0.494 e. The summed E-state index contributed by atoms with van der Waals surface area (Å²) in [5.74, 6) is 0.526. The highest BCUT2D eigenvalue weighted by Crippen LogP contribution is 2.23. The summed E-state index contributed by atoms with van der Waals surface area (Å²) in [6.45, 7) is 6.81. The lowest BCUT2D eigenvalue weighted by molar-refractivity contribution is -0.138. The molecule has 196 valence electrons. The van der Waals surface area contributed by atoms with Crippen LogP contribution in [0.5, 0.6) is 5.75 Å². The molecule has 3 rings (SSSR count). The molecule has 1 aromatic carbocycles.